The summed E-state index contributed by atoms with van der Waals surface area (Å²) in [6.45, 7) is 0.278. The maximum atomic E-state index is 12.0. The van der Waals surface area contributed by atoms with Crippen LogP contribution in [0.25, 0.3) is 10.9 Å². The highest BCUT2D eigenvalue weighted by atomic mass is 35.5. The normalized spacial score (nSPS) is 14.3. The van der Waals surface area contributed by atoms with Crippen LogP contribution in [0.5, 0.6) is 0 Å². The molecule has 2 aromatic rings. The van der Waals surface area contributed by atoms with Crippen molar-refractivity contribution in [2.75, 3.05) is 18.9 Å². The molecule has 1 aromatic heterocycles. The van der Waals surface area contributed by atoms with E-state index in [4.69, 9.17) is 11.6 Å². The maximum Gasteiger partial charge on any atom is 0.241 e. The number of rotatable bonds is 4. The summed E-state index contributed by atoms with van der Waals surface area (Å²) in [6, 6.07) is 7.90. The molecule has 1 saturated carbocycles. The maximum absolute atomic E-state index is 12.0. The van der Waals surface area contributed by atoms with Crippen molar-refractivity contribution < 1.29 is 4.79 Å². The van der Waals surface area contributed by atoms with E-state index in [1.54, 1.807) is 6.20 Å². The summed E-state index contributed by atoms with van der Waals surface area (Å²) in [7, 11) is 1.86. The van der Waals surface area contributed by atoms with Gasteiger partial charge in [-0.15, -0.1) is 0 Å². The van der Waals surface area contributed by atoms with E-state index in [0.29, 0.717) is 11.1 Å². The number of nitrogens with zero attached hydrogens (tertiary/aromatic N) is 2. The van der Waals surface area contributed by atoms with Crippen LogP contribution in [-0.2, 0) is 4.79 Å². The fraction of sp³-hybridized carbons (Fsp3) is 0.333. The monoisotopic (exact) mass is 289 g/mol. The van der Waals surface area contributed by atoms with Gasteiger partial charge < -0.3 is 10.2 Å². The zero-order valence-corrected chi connectivity index (χ0v) is 12.0. The molecule has 5 heteroatoms. The Bertz CT molecular complexity index is 655. The molecule has 0 unspecified atom stereocenters. The van der Waals surface area contributed by atoms with Crippen LogP contribution in [-0.4, -0.2) is 35.4 Å². The van der Waals surface area contributed by atoms with E-state index in [-0.39, 0.29) is 12.5 Å². The summed E-state index contributed by atoms with van der Waals surface area (Å²) >= 11 is 6.15. The molecule has 0 spiro atoms. The highest BCUT2D eigenvalue weighted by molar-refractivity contribution is 6.35. The van der Waals surface area contributed by atoms with E-state index in [9.17, 15) is 4.79 Å². The lowest BCUT2D eigenvalue weighted by Crippen LogP contribution is -2.33. The lowest BCUT2D eigenvalue weighted by Gasteiger charge is -2.17. The summed E-state index contributed by atoms with van der Waals surface area (Å²) in [5.74, 6) is 0.103. The van der Waals surface area contributed by atoms with Crippen molar-refractivity contribution >= 4 is 34.1 Å². The molecule has 0 saturated heterocycles. The first-order valence-electron chi connectivity index (χ1n) is 6.69. The Morgan fingerprint density at radius 3 is 3.00 bits per heavy atom. The summed E-state index contributed by atoms with van der Waals surface area (Å²) in [5.41, 5.74) is 1.63. The molecule has 1 fully saturated rings. The van der Waals surface area contributed by atoms with E-state index >= 15 is 0 Å². The molecule has 0 aliphatic heterocycles. The molecule has 1 aliphatic rings. The number of fused-ring (bicyclic) bond motifs is 1. The minimum Gasteiger partial charge on any atom is -0.374 e. The zero-order chi connectivity index (χ0) is 14.1. The molecule has 1 amide bonds. The van der Waals surface area contributed by atoms with Gasteiger partial charge in [-0.05, 0) is 37.1 Å². The van der Waals surface area contributed by atoms with Gasteiger partial charge in [0.15, 0.2) is 0 Å². The standard InChI is InChI=1S/C15H16ClN3O/c1-19(10-4-5-10)14(20)9-18-13-7-6-12(16)11-3-2-8-17-15(11)13/h2-3,6-8,10,18H,4-5,9H2,1H3. The fourth-order valence-electron chi connectivity index (χ4n) is 2.24. The molecule has 4 nitrogen and oxygen atoms in total. The number of anilines is 1. The average molecular weight is 290 g/mol. The summed E-state index contributed by atoms with van der Waals surface area (Å²) in [5, 5.41) is 4.72. The van der Waals surface area contributed by atoms with Crippen molar-refractivity contribution in [2.45, 2.75) is 18.9 Å². The predicted molar refractivity (Wildman–Crippen MR) is 81.0 cm³/mol. The van der Waals surface area contributed by atoms with Crippen LogP contribution in [0.4, 0.5) is 5.69 Å². The molecule has 1 heterocycles. The minimum absolute atomic E-state index is 0.103. The summed E-state index contributed by atoms with van der Waals surface area (Å²) in [6.07, 6.45) is 3.96. The van der Waals surface area contributed by atoms with E-state index in [1.807, 2.05) is 36.2 Å². The highest BCUT2D eigenvalue weighted by Gasteiger charge is 2.29. The van der Waals surface area contributed by atoms with Gasteiger partial charge in [0, 0.05) is 24.7 Å². The van der Waals surface area contributed by atoms with Gasteiger partial charge in [-0.3, -0.25) is 9.78 Å². The first-order chi connectivity index (χ1) is 9.66. The Labute approximate surface area is 122 Å². The van der Waals surface area contributed by atoms with Crippen LogP contribution in [0.3, 0.4) is 0 Å². The number of benzene rings is 1. The van der Waals surface area contributed by atoms with Gasteiger partial charge in [0.1, 0.15) is 0 Å². The number of hydrogen-bond donors (Lipinski definition) is 1. The van der Waals surface area contributed by atoms with Crippen LogP contribution in [0, 0.1) is 0 Å². The number of hydrogen-bond acceptors (Lipinski definition) is 3. The van der Waals surface area contributed by atoms with Gasteiger partial charge in [-0.25, -0.2) is 0 Å². The van der Waals surface area contributed by atoms with Gasteiger partial charge in [0.25, 0.3) is 0 Å². The Morgan fingerprint density at radius 2 is 2.25 bits per heavy atom. The van der Waals surface area contributed by atoms with Gasteiger partial charge in [0.2, 0.25) is 5.91 Å². The van der Waals surface area contributed by atoms with E-state index in [1.165, 1.54) is 0 Å². The van der Waals surface area contributed by atoms with E-state index < -0.39 is 0 Å². The molecule has 1 N–H and O–H groups in total. The molecular weight excluding hydrogens is 274 g/mol. The quantitative estimate of drug-likeness (QED) is 0.941. The Morgan fingerprint density at radius 1 is 1.45 bits per heavy atom. The summed E-state index contributed by atoms with van der Waals surface area (Å²) in [4.78, 5) is 18.2. The van der Waals surface area contributed by atoms with Crippen molar-refractivity contribution in [3.63, 3.8) is 0 Å². The number of nitrogens with one attached hydrogen (secondary N) is 1. The van der Waals surface area contributed by atoms with Crippen LogP contribution in [0.15, 0.2) is 30.5 Å². The zero-order valence-electron chi connectivity index (χ0n) is 11.3. The van der Waals surface area contributed by atoms with Crippen LogP contribution < -0.4 is 5.32 Å². The van der Waals surface area contributed by atoms with Crippen molar-refractivity contribution in [3.8, 4) is 0 Å². The van der Waals surface area contributed by atoms with Gasteiger partial charge in [-0.1, -0.05) is 11.6 Å². The highest BCUT2D eigenvalue weighted by Crippen LogP contribution is 2.28. The topological polar surface area (TPSA) is 45.2 Å². The van der Waals surface area contributed by atoms with Crippen LogP contribution in [0.2, 0.25) is 5.02 Å². The third kappa shape index (κ3) is 2.56. The molecule has 104 valence electrons. The second-order valence-electron chi connectivity index (χ2n) is 5.08. The van der Waals surface area contributed by atoms with Crippen LogP contribution in [0.1, 0.15) is 12.8 Å². The van der Waals surface area contributed by atoms with Crippen molar-refractivity contribution in [3.05, 3.63) is 35.5 Å². The number of pyridine rings is 1. The second-order valence-corrected chi connectivity index (χ2v) is 5.49. The second kappa shape index (κ2) is 5.29. The Hall–Kier alpha value is -1.81. The number of likely N-dealkylation sites (N-methyl/N-ethyl adjacent to an activating group) is 1. The molecule has 0 bridgehead atoms. The molecule has 20 heavy (non-hydrogen) atoms. The molecule has 1 aliphatic carbocycles. The number of carbonyl (C=O) groups excluding carboxylic acids is 1. The predicted octanol–water partition coefficient (Wildman–Crippen LogP) is 2.92. The first kappa shape index (κ1) is 13.2. The number of amides is 1. The first-order valence-corrected chi connectivity index (χ1v) is 7.07. The Balaban J connectivity index is 1.77. The molecule has 0 radical (unpaired) electrons. The molecule has 1 aromatic carbocycles. The smallest absolute Gasteiger partial charge is 0.241 e. The van der Waals surface area contributed by atoms with E-state index in [2.05, 4.69) is 10.3 Å². The van der Waals surface area contributed by atoms with Crippen molar-refractivity contribution in [1.82, 2.24) is 9.88 Å². The molecule has 3 rings (SSSR count). The van der Waals surface area contributed by atoms with Crippen LogP contribution >= 0.6 is 11.6 Å². The van der Waals surface area contributed by atoms with Gasteiger partial charge in [-0.2, -0.15) is 0 Å². The largest absolute Gasteiger partial charge is 0.374 e. The van der Waals surface area contributed by atoms with Gasteiger partial charge in [0.05, 0.1) is 22.8 Å². The minimum atomic E-state index is 0.103. The lowest BCUT2D eigenvalue weighted by molar-refractivity contribution is -0.128. The van der Waals surface area contributed by atoms with Crippen molar-refractivity contribution in [1.29, 1.82) is 0 Å². The average Bonchev–Trinajstić information content (AvgIpc) is 3.30. The molecular formula is C15H16ClN3O. The third-order valence-electron chi connectivity index (χ3n) is 3.63. The number of aromatic nitrogens is 1. The van der Waals surface area contributed by atoms with E-state index in [0.717, 1.165) is 29.4 Å². The molecule has 0 atom stereocenters. The number of carbonyl (C=O) groups is 1. The summed E-state index contributed by atoms with van der Waals surface area (Å²) < 4.78 is 0. The lowest BCUT2D eigenvalue weighted by atomic mass is 10.2. The Kier molecular flexibility index (Phi) is 3.49. The fourth-order valence-corrected chi connectivity index (χ4v) is 2.46. The number of halogens is 1. The third-order valence-corrected chi connectivity index (χ3v) is 3.96. The van der Waals surface area contributed by atoms with Crippen molar-refractivity contribution in [2.24, 2.45) is 0 Å². The van der Waals surface area contributed by atoms with Gasteiger partial charge >= 0.3 is 0 Å². The SMILES string of the molecule is CN(C(=O)CNc1ccc(Cl)c2cccnc12)C1CC1.